The topological polar surface area (TPSA) is 110 Å². The second-order valence-electron chi connectivity index (χ2n) is 8.12. The molecule has 1 aromatic carbocycles. The Kier molecular flexibility index (Phi) is 7.70. The van der Waals surface area contributed by atoms with Crippen molar-refractivity contribution in [1.29, 1.82) is 0 Å². The number of nitrogens with zero attached hydrogens (tertiary/aromatic N) is 1. The van der Waals surface area contributed by atoms with Crippen LogP contribution in [0.5, 0.6) is 0 Å². The highest BCUT2D eigenvalue weighted by atomic mass is 32.2. The first kappa shape index (κ1) is 23.4. The molecular weight excluding hydrogens is 426 g/mol. The molecule has 0 radical (unpaired) electrons. The lowest BCUT2D eigenvalue weighted by molar-refractivity contribution is -0.0729. The van der Waals surface area contributed by atoms with Crippen LogP contribution in [0.4, 0.5) is 5.13 Å². The van der Waals surface area contributed by atoms with E-state index in [0.29, 0.717) is 26.2 Å². The van der Waals surface area contributed by atoms with E-state index in [1.807, 2.05) is 20.8 Å². The number of anilines is 1. The van der Waals surface area contributed by atoms with E-state index in [-0.39, 0.29) is 35.7 Å². The molecule has 3 N–H and O–H groups in total. The van der Waals surface area contributed by atoms with Crippen molar-refractivity contribution in [2.45, 2.75) is 50.2 Å². The van der Waals surface area contributed by atoms with Gasteiger partial charge in [0.25, 0.3) is 0 Å². The van der Waals surface area contributed by atoms with E-state index in [4.69, 9.17) is 14.6 Å². The van der Waals surface area contributed by atoms with E-state index >= 15 is 0 Å². The Hall–Kier alpha value is -1.30. The Bertz CT molecular complexity index is 939. The number of aromatic nitrogens is 1. The maximum Gasteiger partial charge on any atom is 0.240 e. The summed E-state index contributed by atoms with van der Waals surface area (Å²) in [6.45, 7) is 8.06. The zero-order valence-corrected chi connectivity index (χ0v) is 19.3. The molecule has 1 aliphatic heterocycles. The summed E-state index contributed by atoms with van der Waals surface area (Å²) in [4.78, 5) is 4.79. The highest BCUT2D eigenvalue weighted by Gasteiger charge is 2.37. The predicted octanol–water partition coefficient (Wildman–Crippen LogP) is 2.59. The lowest BCUT2D eigenvalue weighted by Crippen LogP contribution is -2.42. The SMILES string of the molecule is CC(CCO)CNS(=O)(=O)c1ccc2nc(NCC3(OC(C)C)CCOC3)sc2c1. The minimum atomic E-state index is -3.61. The van der Waals surface area contributed by atoms with Crippen molar-refractivity contribution < 1.29 is 23.0 Å². The Morgan fingerprint density at radius 3 is 2.83 bits per heavy atom. The van der Waals surface area contributed by atoms with Crippen LogP contribution in [-0.2, 0) is 19.5 Å². The van der Waals surface area contributed by atoms with Gasteiger partial charge in [-0.05, 0) is 44.4 Å². The summed E-state index contributed by atoms with van der Waals surface area (Å²) in [5.74, 6) is 0.0626. The molecule has 0 amide bonds. The monoisotopic (exact) mass is 457 g/mol. The normalized spacial score (nSPS) is 20.8. The van der Waals surface area contributed by atoms with Gasteiger partial charge in [-0.1, -0.05) is 18.3 Å². The fraction of sp³-hybridized carbons (Fsp3) is 0.650. The quantitative estimate of drug-likeness (QED) is 0.476. The zero-order valence-electron chi connectivity index (χ0n) is 17.7. The molecule has 1 fully saturated rings. The van der Waals surface area contributed by atoms with Crippen LogP contribution in [0.25, 0.3) is 10.2 Å². The molecule has 10 heteroatoms. The highest BCUT2D eigenvalue weighted by Crippen LogP contribution is 2.30. The molecule has 0 aliphatic carbocycles. The van der Waals surface area contributed by atoms with Gasteiger partial charge < -0.3 is 19.9 Å². The smallest absolute Gasteiger partial charge is 0.240 e. The van der Waals surface area contributed by atoms with Gasteiger partial charge in [0, 0.05) is 32.7 Å². The third kappa shape index (κ3) is 5.89. The number of fused-ring (bicyclic) bond motifs is 1. The van der Waals surface area contributed by atoms with Gasteiger partial charge in [-0.25, -0.2) is 18.1 Å². The van der Waals surface area contributed by atoms with Crippen LogP contribution in [0.3, 0.4) is 0 Å². The third-order valence-electron chi connectivity index (χ3n) is 5.03. The Morgan fingerprint density at radius 1 is 1.37 bits per heavy atom. The summed E-state index contributed by atoms with van der Waals surface area (Å²) in [6.07, 6.45) is 1.48. The van der Waals surface area contributed by atoms with Crippen molar-refractivity contribution in [1.82, 2.24) is 9.71 Å². The number of benzene rings is 1. The first-order chi connectivity index (χ1) is 14.2. The summed E-state index contributed by atoms with van der Waals surface area (Å²) >= 11 is 1.42. The van der Waals surface area contributed by atoms with Crippen LogP contribution in [-0.4, -0.2) is 63.1 Å². The molecule has 8 nitrogen and oxygen atoms in total. The lowest BCUT2D eigenvalue weighted by Gasteiger charge is -2.30. The molecule has 2 heterocycles. The number of ether oxygens (including phenoxy) is 2. The van der Waals surface area contributed by atoms with Crippen molar-refractivity contribution >= 4 is 36.7 Å². The van der Waals surface area contributed by atoms with Crippen LogP contribution in [0.15, 0.2) is 23.1 Å². The van der Waals surface area contributed by atoms with Crippen molar-refractivity contribution in [3.05, 3.63) is 18.2 Å². The molecular formula is C20H31N3O5S2. The molecule has 1 aliphatic rings. The van der Waals surface area contributed by atoms with Gasteiger partial charge in [0.1, 0.15) is 5.60 Å². The fourth-order valence-corrected chi connectivity index (χ4v) is 5.57. The molecule has 1 aromatic heterocycles. The molecule has 0 saturated carbocycles. The number of rotatable bonds is 11. The van der Waals surface area contributed by atoms with Gasteiger partial charge in [0.05, 0.1) is 27.8 Å². The largest absolute Gasteiger partial charge is 0.396 e. The molecule has 168 valence electrons. The number of sulfonamides is 1. The van der Waals surface area contributed by atoms with Crippen LogP contribution >= 0.6 is 11.3 Å². The molecule has 1 saturated heterocycles. The van der Waals surface area contributed by atoms with Crippen LogP contribution in [0.1, 0.15) is 33.6 Å². The minimum absolute atomic E-state index is 0.0428. The number of aliphatic hydroxyl groups excluding tert-OH is 1. The number of aliphatic hydroxyl groups is 1. The van der Waals surface area contributed by atoms with Crippen molar-refractivity contribution in [3.8, 4) is 0 Å². The van der Waals surface area contributed by atoms with Crippen LogP contribution in [0, 0.1) is 5.92 Å². The van der Waals surface area contributed by atoms with Crippen molar-refractivity contribution in [2.75, 3.05) is 38.2 Å². The summed E-state index contributed by atoms with van der Waals surface area (Å²) in [6, 6.07) is 4.94. The fourth-order valence-electron chi connectivity index (χ4n) is 3.40. The molecule has 2 unspecified atom stereocenters. The maximum atomic E-state index is 12.6. The lowest BCUT2D eigenvalue weighted by atomic mass is 10.0. The molecule has 2 atom stereocenters. The van der Waals surface area contributed by atoms with Crippen molar-refractivity contribution in [2.24, 2.45) is 5.92 Å². The first-order valence-electron chi connectivity index (χ1n) is 10.2. The predicted molar refractivity (Wildman–Crippen MR) is 119 cm³/mol. The van der Waals surface area contributed by atoms with E-state index in [9.17, 15) is 8.42 Å². The van der Waals surface area contributed by atoms with E-state index in [1.54, 1.807) is 18.2 Å². The summed E-state index contributed by atoms with van der Waals surface area (Å²) in [5, 5.41) is 13.0. The number of hydrogen-bond acceptors (Lipinski definition) is 8. The van der Waals surface area contributed by atoms with Crippen LogP contribution in [0.2, 0.25) is 0 Å². The third-order valence-corrected chi connectivity index (χ3v) is 7.43. The van der Waals surface area contributed by atoms with Crippen molar-refractivity contribution in [3.63, 3.8) is 0 Å². The number of thiazole rings is 1. The average Bonchev–Trinajstić information content (AvgIpc) is 3.31. The average molecular weight is 458 g/mol. The molecule has 0 spiro atoms. The summed E-state index contributed by atoms with van der Waals surface area (Å²) in [7, 11) is -3.61. The minimum Gasteiger partial charge on any atom is -0.396 e. The van der Waals surface area contributed by atoms with Gasteiger partial charge >= 0.3 is 0 Å². The molecule has 0 bridgehead atoms. The van der Waals surface area contributed by atoms with E-state index in [1.165, 1.54) is 11.3 Å². The Labute approximate surface area is 182 Å². The molecule has 3 rings (SSSR count). The van der Waals surface area contributed by atoms with Gasteiger partial charge in [0.2, 0.25) is 10.0 Å². The first-order valence-corrected chi connectivity index (χ1v) is 12.5. The summed E-state index contributed by atoms with van der Waals surface area (Å²) in [5.41, 5.74) is 0.381. The number of nitrogens with one attached hydrogen (secondary N) is 2. The number of hydrogen-bond donors (Lipinski definition) is 3. The van der Waals surface area contributed by atoms with Gasteiger partial charge in [0.15, 0.2) is 5.13 Å². The summed E-state index contributed by atoms with van der Waals surface area (Å²) < 4.78 is 40.3. The second-order valence-corrected chi connectivity index (χ2v) is 10.9. The second kappa shape index (κ2) is 9.88. The standard InChI is InChI=1S/C20H31N3O5S2/c1-14(2)28-20(7-9-27-13-20)12-21-19-23-17-5-4-16(10-18(17)29-19)30(25,26)22-11-15(3)6-8-24/h4-5,10,14-15,22,24H,6-9,11-13H2,1-3H3,(H,21,23). The highest BCUT2D eigenvalue weighted by molar-refractivity contribution is 7.89. The van der Waals surface area contributed by atoms with Gasteiger partial charge in [-0.3, -0.25) is 0 Å². The Balaban J connectivity index is 1.69. The van der Waals surface area contributed by atoms with Gasteiger partial charge in [-0.15, -0.1) is 0 Å². The zero-order chi connectivity index (χ0) is 21.8. The van der Waals surface area contributed by atoms with Crippen LogP contribution < -0.4 is 10.0 Å². The van der Waals surface area contributed by atoms with Gasteiger partial charge in [-0.2, -0.15) is 0 Å². The maximum absolute atomic E-state index is 12.6. The van der Waals surface area contributed by atoms with E-state index in [2.05, 4.69) is 15.0 Å². The van der Waals surface area contributed by atoms with E-state index in [0.717, 1.165) is 21.8 Å². The van der Waals surface area contributed by atoms with E-state index < -0.39 is 10.0 Å². The Morgan fingerprint density at radius 2 is 2.17 bits per heavy atom. The molecule has 30 heavy (non-hydrogen) atoms. The molecule has 2 aromatic rings.